The smallest absolute Gasteiger partial charge is 0.323 e. The number of carbonyl (C=O) groups excluding carboxylic acids is 1. The molecule has 1 aromatic rings. The van der Waals surface area contributed by atoms with Gasteiger partial charge in [0, 0.05) is 13.1 Å². The van der Waals surface area contributed by atoms with Gasteiger partial charge in [-0.05, 0) is 26.0 Å². The molecule has 21 heavy (non-hydrogen) atoms. The third-order valence-corrected chi connectivity index (χ3v) is 3.42. The highest BCUT2D eigenvalue weighted by Gasteiger charge is 2.24. The molecule has 116 valence electrons. The van der Waals surface area contributed by atoms with E-state index in [1.54, 1.807) is 0 Å². The quantitative estimate of drug-likeness (QED) is 0.794. The number of carboxylic acid groups (broad SMARTS) is 1. The number of carboxylic acids is 1. The normalized spacial score (nSPS) is 12.2. The molecule has 5 nitrogen and oxygen atoms in total. The molecule has 0 radical (unpaired) electrons. The molecule has 0 aliphatic rings. The SMILES string of the molecule is CCCN(CC(=O)O)C(=O)C(C)N(C)Cc1ccccc1. The van der Waals surface area contributed by atoms with Crippen LogP contribution in [0.25, 0.3) is 0 Å². The molecule has 0 aliphatic heterocycles. The van der Waals surface area contributed by atoms with E-state index in [1.807, 2.05) is 56.1 Å². The molecular weight excluding hydrogens is 268 g/mol. The second-order valence-electron chi connectivity index (χ2n) is 5.23. The van der Waals surface area contributed by atoms with Crippen molar-refractivity contribution in [3.8, 4) is 0 Å². The lowest BCUT2D eigenvalue weighted by Crippen LogP contribution is -2.47. The maximum atomic E-state index is 12.4. The standard InChI is InChI=1S/C16H24N2O3/c1-4-10-18(12-15(19)20)16(21)13(2)17(3)11-14-8-6-5-7-9-14/h5-9,13H,4,10-12H2,1-3H3,(H,19,20). The van der Waals surface area contributed by atoms with Crippen molar-refractivity contribution in [2.45, 2.75) is 32.9 Å². The van der Waals surface area contributed by atoms with Crippen LogP contribution in [0, 0.1) is 0 Å². The summed E-state index contributed by atoms with van der Waals surface area (Å²) >= 11 is 0. The number of likely N-dealkylation sites (N-methyl/N-ethyl adjacent to an activating group) is 1. The van der Waals surface area contributed by atoms with Gasteiger partial charge in [-0.1, -0.05) is 37.3 Å². The molecule has 1 N–H and O–H groups in total. The molecule has 1 unspecified atom stereocenters. The first-order valence-electron chi connectivity index (χ1n) is 7.20. The molecule has 1 rings (SSSR count). The lowest BCUT2D eigenvalue weighted by atomic mass is 10.1. The lowest BCUT2D eigenvalue weighted by molar-refractivity contribution is -0.146. The average Bonchev–Trinajstić information content (AvgIpc) is 2.45. The monoisotopic (exact) mass is 292 g/mol. The van der Waals surface area contributed by atoms with E-state index < -0.39 is 5.97 Å². The van der Waals surface area contributed by atoms with E-state index in [4.69, 9.17) is 5.11 Å². The Balaban J connectivity index is 2.67. The molecule has 0 heterocycles. The molecule has 0 spiro atoms. The maximum absolute atomic E-state index is 12.4. The zero-order valence-electron chi connectivity index (χ0n) is 13.0. The first-order chi connectivity index (χ1) is 9.95. The van der Waals surface area contributed by atoms with Crippen LogP contribution in [-0.2, 0) is 16.1 Å². The molecule has 0 bridgehead atoms. The van der Waals surface area contributed by atoms with Crippen molar-refractivity contribution in [2.75, 3.05) is 20.1 Å². The van der Waals surface area contributed by atoms with Crippen LogP contribution in [0.5, 0.6) is 0 Å². The third-order valence-electron chi connectivity index (χ3n) is 3.42. The number of aliphatic carboxylic acids is 1. The molecule has 5 heteroatoms. The van der Waals surface area contributed by atoms with Crippen molar-refractivity contribution in [3.05, 3.63) is 35.9 Å². The van der Waals surface area contributed by atoms with Crippen molar-refractivity contribution >= 4 is 11.9 Å². The Morgan fingerprint density at radius 1 is 1.24 bits per heavy atom. The summed E-state index contributed by atoms with van der Waals surface area (Å²) < 4.78 is 0. The van der Waals surface area contributed by atoms with E-state index >= 15 is 0 Å². The van der Waals surface area contributed by atoms with Gasteiger partial charge in [-0.2, -0.15) is 0 Å². The van der Waals surface area contributed by atoms with E-state index in [1.165, 1.54) is 4.90 Å². The fourth-order valence-electron chi connectivity index (χ4n) is 2.16. The van der Waals surface area contributed by atoms with Gasteiger partial charge in [0.2, 0.25) is 5.91 Å². The van der Waals surface area contributed by atoms with Crippen molar-refractivity contribution in [1.29, 1.82) is 0 Å². The zero-order valence-corrected chi connectivity index (χ0v) is 13.0. The zero-order chi connectivity index (χ0) is 15.8. The summed E-state index contributed by atoms with van der Waals surface area (Å²) in [5.41, 5.74) is 1.12. The Morgan fingerprint density at radius 3 is 2.38 bits per heavy atom. The highest BCUT2D eigenvalue weighted by atomic mass is 16.4. The fourth-order valence-corrected chi connectivity index (χ4v) is 2.16. The average molecular weight is 292 g/mol. The van der Waals surface area contributed by atoms with Crippen LogP contribution in [-0.4, -0.2) is 53.0 Å². The van der Waals surface area contributed by atoms with Crippen LogP contribution in [0.4, 0.5) is 0 Å². The Morgan fingerprint density at radius 2 is 1.86 bits per heavy atom. The minimum atomic E-state index is -0.977. The number of carbonyl (C=O) groups is 2. The molecule has 0 saturated carbocycles. The number of benzene rings is 1. The van der Waals surface area contributed by atoms with E-state index in [-0.39, 0.29) is 18.5 Å². The van der Waals surface area contributed by atoms with Crippen LogP contribution >= 0.6 is 0 Å². The maximum Gasteiger partial charge on any atom is 0.323 e. The van der Waals surface area contributed by atoms with Gasteiger partial charge in [-0.15, -0.1) is 0 Å². The third kappa shape index (κ3) is 5.55. The molecule has 1 aromatic carbocycles. The summed E-state index contributed by atoms with van der Waals surface area (Å²) in [5.74, 6) is -1.12. The molecule has 0 fully saturated rings. The van der Waals surface area contributed by atoms with Gasteiger partial charge in [0.1, 0.15) is 6.54 Å². The minimum Gasteiger partial charge on any atom is -0.480 e. The van der Waals surface area contributed by atoms with Gasteiger partial charge in [0.25, 0.3) is 0 Å². The minimum absolute atomic E-state index is 0.141. The summed E-state index contributed by atoms with van der Waals surface area (Å²) in [6, 6.07) is 9.54. The van der Waals surface area contributed by atoms with Crippen molar-refractivity contribution in [2.24, 2.45) is 0 Å². The molecule has 0 saturated heterocycles. The van der Waals surface area contributed by atoms with E-state index in [2.05, 4.69) is 0 Å². The van der Waals surface area contributed by atoms with E-state index in [0.717, 1.165) is 12.0 Å². The molecule has 0 aromatic heterocycles. The lowest BCUT2D eigenvalue weighted by Gasteiger charge is -2.29. The number of hydrogen-bond acceptors (Lipinski definition) is 3. The van der Waals surface area contributed by atoms with Crippen molar-refractivity contribution in [3.63, 3.8) is 0 Å². The van der Waals surface area contributed by atoms with Gasteiger partial charge >= 0.3 is 5.97 Å². The van der Waals surface area contributed by atoms with Crippen LogP contribution in [0.2, 0.25) is 0 Å². The number of amides is 1. The molecule has 1 atom stereocenters. The summed E-state index contributed by atoms with van der Waals surface area (Å²) in [6.45, 7) is 4.63. The van der Waals surface area contributed by atoms with Crippen LogP contribution in [0.3, 0.4) is 0 Å². The first kappa shape index (κ1) is 17.2. The summed E-state index contributed by atoms with van der Waals surface area (Å²) in [4.78, 5) is 26.6. The number of rotatable bonds is 8. The summed E-state index contributed by atoms with van der Waals surface area (Å²) in [7, 11) is 1.88. The first-order valence-corrected chi connectivity index (χ1v) is 7.20. The summed E-state index contributed by atoms with van der Waals surface area (Å²) in [5, 5.41) is 8.91. The molecule has 1 amide bonds. The van der Waals surface area contributed by atoms with E-state index in [9.17, 15) is 9.59 Å². The number of hydrogen-bond donors (Lipinski definition) is 1. The predicted octanol–water partition coefficient (Wildman–Crippen LogP) is 1.83. The largest absolute Gasteiger partial charge is 0.480 e. The van der Waals surface area contributed by atoms with Crippen LogP contribution in [0.1, 0.15) is 25.8 Å². The Labute approximate surface area is 126 Å². The second-order valence-corrected chi connectivity index (χ2v) is 5.23. The van der Waals surface area contributed by atoms with E-state index in [0.29, 0.717) is 13.1 Å². The Hall–Kier alpha value is -1.88. The van der Waals surface area contributed by atoms with Gasteiger partial charge in [-0.25, -0.2) is 0 Å². The van der Waals surface area contributed by atoms with Crippen molar-refractivity contribution in [1.82, 2.24) is 9.80 Å². The fraction of sp³-hybridized carbons (Fsp3) is 0.500. The van der Waals surface area contributed by atoms with Gasteiger partial charge in [0.15, 0.2) is 0 Å². The number of nitrogens with zero attached hydrogens (tertiary/aromatic N) is 2. The van der Waals surface area contributed by atoms with Crippen LogP contribution < -0.4 is 0 Å². The van der Waals surface area contributed by atoms with Gasteiger partial charge in [-0.3, -0.25) is 14.5 Å². The topological polar surface area (TPSA) is 60.9 Å². The Bertz CT molecular complexity index is 462. The molecular formula is C16H24N2O3. The molecule has 0 aliphatic carbocycles. The highest BCUT2D eigenvalue weighted by molar-refractivity contribution is 5.85. The van der Waals surface area contributed by atoms with Crippen LogP contribution in [0.15, 0.2) is 30.3 Å². The summed E-state index contributed by atoms with van der Waals surface area (Å²) in [6.07, 6.45) is 0.744. The predicted molar refractivity (Wildman–Crippen MR) is 81.9 cm³/mol. The van der Waals surface area contributed by atoms with Crippen molar-refractivity contribution < 1.29 is 14.7 Å². The van der Waals surface area contributed by atoms with Gasteiger partial charge in [0.05, 0.1) is 6.04 Å². The van der Waals surface area contributed by atoms with Gasteiger partial charge < -0.3 is 10.0 Å². The Kier molecular flexibility index (Phi) is 6.88. The highest BCUT2D eigenvalue weighted by Crippen LogP contribution is 2.09. The second kappa shape index (κ2) is 8.42.